The third kappa shape index (κ3) is 5.05. The second-order valence-electron chi connectivity index (χ2n) is 9.83. The van der Waals surface area contributed by atoms with E-state index >= 15 is 0 Å². The van der Waals surface area contributed by atoms with E-state index < -0.39 is 11.9 Å². The van der Waals surface area contributed by atoms with Crippen LogP contribution in [0.4, 0.5) is 0 Å². The summed E-state index contributed by atoms with van der Waals surface area (Å²) in [4.78, 5) is 13.3. The molecule has 1 amide bonds. The normalized spacial score (nSPS) is 35.9. The smallest absolute Gasteiger partial charge is 0.224 e. The first kappa shape index (κ1) is 24.0. The van der Waals surface area contributed by atoms with Gasteiger partial charge in [-0.2, -0.15) is 0 Å². The van der Waals surface area contributed by atoms with Gasteiger partial charge in [0.15, 0.2) is 5.79 Å². The summed E-state index contributed by atoms with van der Waals surface area (Å²) in [6.45, 7) is 8.83. The van der Waals surface area contributed by atoms with Crippen LogP contribution in [0, 0.1) is 11.3 Å². The summed E-state index contributed by atoms with van der Waals surface area (Å²) in [7, 11) is 3.39. The number of aliphatic hydroxyl groups is 2. The van der Waals surface area contributed by atoms with E-state index in [1.165, 1.54) is 23.3 Å². The molecule has 0 bridgehead atoms. The lowest BCUT2D eigenvalue weighted by molar-refractivity contribution is -0.220. The number of hydrogen-bond donors (Lipinski definition) is 2. The summed E-state index contributed by atoms with van der Waals surface area (Å²) in [5.41, 5.74) is 4.77. The molecule has 2 saturated carbocycles. The van der Waals surface area contributed by atoms with Crippen molar-refractivity contribution in [2.75, 3.05) is 20.7 Å². The van der Waals surface area contributed by atoms with E-state index in [0.717, 1.165) is 24.8 Å². The number of hydrogen-bond acceptors (Lipinski definition) is 4. The van der Waals surface area contributed by atoms with Crippen LogP contribution in [0.25, 0.3) is 0 Å². The molecule has 0 saturated heterocycles. The number of aliphatic hydroxyl groups excluding tert-OH is 1. The number of ether oxygens (including phenoxy) is 1. The van der Waals surface area contributed by atoms with Crippen LogP contribution in [0.15, 0.2) is 47.1 Å². The van der Waals surface area contributed by atoms with Crippen LogP contribution in [-0.2, 0) is 9.53 Å². The third-order valence-electron chi connectivity index (χ3n) is 7.57. The molecule has 0 aromatic heterocycles. The van der Waals surface area contributed by atoms with Gasteiger partial charge in [-0.05, 0) is 54.6 Å². The van der Waals surface area contributed by atoms with E-state index in [-0.39, 0.29) is 37.2 Å². The zero-order chi connectivity index (χ0) is 22.8. The molecule has 0 heterocycles. The van der Waals surface area contributed by atoms with Crippen LogP contribution in [0.2, 0.25) is 0 Å². The molecule has 3 rings (SSSR count). The number of carbonyl (C=O) groups excluding carboxylic acids is 1. The lowest BCUT2D eigenvalue weighted by atomic mass is 9.64. The highest BCUT2D eigenvalue weighted by Gasteiger charge is 2.44. The van der Waals surface area contributed by atoms with Crippen LogP contribution >= 0.6 is 0 Å². The molecule has 0 radical (unpaired) electrons. The molecule has 5 heteroatoms. The Morgan fingerprint density at radius 1 is 1.39 bits per heavy atom. The molecule has 172 valence electrons. The topological polar surface area (TPSA) is 70.0 Å². The van der Waals surface area contributed by atoms with Crippen LogP contribution < -0.4 is 0 Å². The van der Waals surface area contributed by atoms with E-state index in [9.17, 15) is 15.0 Å². The molecule has 0 aliphatic heterocycles. The summed E-state index contributed by atoms with van der Waals surface area (Å²) in [6, 6.07) is 0. The Morgan fingerprint density at radius 2 is 2.13 bits per heavy atom. The SMILES string of the molecule is C=C1C(=CC=C2CCC[C@]3(C)C(CC)=CC[C@H]23)C[C@](O)(OCCC(=O)N(C)C)C[C@@H]1O. The average molecular weight is 430 g/mol. The van der Waals surface area contributed by atoms with E-state index in [0.29, 0.717) is 11.5 Å². The number of amides is 1. The summed E-state index contributed by atoms with van der Waals surface area (Å²) < 4.78 is 5.68. The summed E-state index contributed by atoms with van der Waals surface area (Å²) in [6.07, 6.45) is 12.1. The Morgan fingerprint density at radius 3 is 2.81 bits per heavy atom. The van der Waals surface area contributed by atoms with Crippen molar-refractivity contribution in [2.24, 2.45) is 11.3 Å². The minimum atomic E-state index is -1.48. The maximum absolute atomic E-state index is 11.8. The van der Waals surface area contributed by atoms with Gasteiger partial charge < -0.3 is 19.8 Å². The van der Waals surface area contributed by atoms with E-state index in [2.05, 4.69) is 32.6 Å². The predicted octanol–water partition coefficient (Wildman–Crippen LogP) is 4.28. The van der Waals surface area contributed by atoms with Crippen molar-refractivity contribution >= 4 is 5.91 Å². The fraction of sp³-hybridized carbons (Fsp3) is 0.654. The summed E-state index contributed by atoms with van der Waals surface area (Å²) in [5, 5.41) is 21.4. The minimum absolute atomic E-state index is 0.0539. The van der Waals surface area contributed by atoms with Crippen LogP contribution in [-0.4, -0.2) is 53.6 Å². The Kier molecular flexibility index (Phi) is 7.29. The van der Waals surface area contributed by atoms with Crippen molar-refractivity contribution in [3.05, 3.63) is 47.1 Å². The van der Waals surface area contributed by atoms with E-state index in [1.807, 2.05) is 6.08 Å². The molecule has 0 spiro atoms. The molecule has 0 aromatic rings. The van der Waals surface area contributed by atoms with E-state index in [4.69, 9.17) is 4.74 Å². The molecule has 0 aromatic carbocycles. The second kappa shape index (κ2) is 9.43. The van der Waals surface area contributed by atoms with Gasteiger partial charge >= 0.3 is 0 Å². The maximum atomic E-state index is 11.8. The fourth-order valence-corrected chi connectivity index (χ4v) is 5.61. The third-order valence-corrected chi connectivity index (χ3v) is 7.57. The van der Waals surface area contributed by atoms with Crippen LogP contribution in [0.3, 0.4) is 0 Å². The molecule has 0 unspecified atom stereocenters. The predicted molar refractivity (Wildman–Crippen MR) is 123 cm³/mol. The van der Waals surface area contributed by atoms with Crippen LogP contribution in [0.1, 0.15) is 65.2 Å². The molecule has 2 N–H and O–H groups in total. The largest absolute Gasteiger partial charge is 0.388 e. The monoisotopic (exact) mass is 429 g/mol. The lowest BCUT2D eigenvalue weighted by Gasteiger charge is -2.41. The van der Waals surface area contributed by atoms with Gasteiger partial charge in [0.25, 0.3) is 0 Å². The molecule has 3 aliphatic carbocycles. The number of nitrogens with zero attached hydrogens (tertiary/aromatic N) is 1. The number of fused-ring (bicyclic) bond motifs is 1. The zero-order valence-corrected chi connectivity index (χ0v) is 19.6. The first-order valence-corrected chi connectivity index (χ1v) is 11.6. The lowest BCUT2D eigenvalue weighted by Crippen LogP contribution is -2.42. The number of allylic oxidation sites excluding steroid dienone is 5. The van der Waals surface area contributed by atoms with Gasteiger partial charge in [-0.1, -0.05) is 49.8 Å². The Hall–Kier alpha value is -1.69. The summed E-state index contributed by atoms with van der Waals surface area (Å²) >= 11 is 0. The second-order valence-corrected chi connectivity index (χ2v) is 9.83. The van der Waals surface area contributed by atoms with Gasteiger partial charge in [0.2, 0.25) is 5.91 Å². The molecule has 2 fully saturated rings. The average Bonchev–Trinajstić information content (AvgIpc) is 3.06. The van der Waals surface area contributed by atoms with Gasteiger partial charge in [-0.3, -0.25) is 4.79 Å². The van der Waals surface area contributed by atoms with E-state index in [1.54, 1.807) is 19.7 Å². The van der Waals surface area contributed by atoms with Crippen molar-refractivity contribution in [1.82, 2.24) is 4.90 Å². The molecule has 4 atom stereocenters. The fourth-order valence-electron chi connectivity index (χ4n) is 5.61. The van der Waals surface area contributed by atoms with Crippen molar-refractivity contribution in [1.29, 1.82) is 0 Å². The number of rotatable bonds is 6. The van der Waals surface area contributed by atoms with Crippen molar-refractivity contribution in [3.8, 4) is 0 Å². The first-order valence-electron chi connectivity index (χ1n) is 11.6. The quantitative estimate of drug-likeness (QED) is 0.488. The Balaban J connectivity index is 1.73. The van der Waals surface area contributed by atoms with Gasteiger partial charge in [0.1, 0.15) is 0 Å². The Labute approximate surface area is 187 Å². The van der Waals surface area contributed by atoms with Crippen molar-refractivity contribution < 1.29 is 19.7 Å². The maximum Gasteiger partial charge on any atom is 0.224 e. The highest BCUT2D eigenvalue weighted by Crippen LogP contribution is 2.55. The van der Waals surface area contributed by atoms with Gasteiger partial charge in [0, 0.05) is 26.9 Å². The molecular formula is C26H39NO4. The van der Waals surface area contributed by atoms with Crippen LogP contribution in [0.5, 0.6) is 0 Å². The molecule has 5 nitrogen and oxygen atoms in total. The van der Waals surface area contributed by atoms with Gasteiger partial charge in [0.05, 0.1) is 19.1 Å². The Bertz CT molecular complexity index is 808. The number of carbonyl (C=O) groups is 1. The standard InChI is InChI=1S/C26H39NO4/c1-6-21-11-12-22-19(8-7-14-25(21,22)3)9-10-20-16-26(30,17-23(28)18(20)2)31-15-13-24(29)27(4)5/h9-11,22-23,28,30H,2,6-8,12-17H2,1,3-5H3/t22-,23+,25-,26+/m1/s1. The highest BCUT2D eigenvalue weighted by molar-refractivity contribution is 5.75. The summed E-state index contributed by atoms with van der Waals surface area (Å²) in [5.74, 6) is -0.994. The molecule has 31 heavy (non-hydrogen) atoms. The van der Waals surface area contributed by atoms with Gasteiger partial charge in [-0.25, -0.2) is 0 Å². The molecular weight excluding hydrogens is 390 g/mol. The van der Waals surface area contributed by atoms with Crippen molar-refractivity contribution in [3.63, 3.8) is 0 Å². The van der Waals surface area contributed by atoms with Gasteiger partial charge in [-0.15, -0.1) is 0 Å². The first-order chi connectivity index (χ1) is 14.6. The van der Waals surface area contributed by atoms with Crippen molar-refractivity contribution in [2.45, 2.75) is 77.1 Å². The minimum Gasteiger partial charge on any atom is -0.388 e. The highest BCUT2D eigenvalue weighted by atomic mass is 16.6. The zero-order valence-electron chi connectivity index (χ0n) is 19.6. The molecule has 3 aliphatic rings.